The number of rotatable bonds is 7. The second kappa shape index (κ2) is 10.2. The van der Waals surface area contributed by atoms with Crippen molar-refractivity contribution in [2.24, 2.45) is 5.10 Å². The maximum absolute atomic E-state index is 13.3. The van der Waals surface area contributed by atoms with Gasteiger partial charge in [0.15, 0.2) is 5.69 Å². The highest BCUT2D eigenvalue weighted by Gasteiger charge is 2.27. The van der Waals surface area contributed by atoms with Crippen LogP contribution in [0.25, 0.3) is 17.1 Å². The van der Waals surface area contributed by atoms with Crippen molar-refractivity contribution in [1.29, 1.82) is 0 Å². The first-order valence-electron chi connectivity index (χ1n) is 12.1. The molecular formula is C25H22FN11O2. The zero-order chi connectivity index (χ0) is 26.8. The molecule has 1 amide bonds. The summed E-state index contributed by atoms with van der Waals surface area (Å²) >= 11 is 0. The molecule has 196 valence electrons. The van der Waals surface area contributed by atoms with Crippen LogP contribution in [0.1, 0.15) is 33.7 Å². The number of benzene rings is 2. The average Bonchev–Trinajstić information content (AvgIpc) is 3.69. The molecular weight excluding hydrogens is 505 g/mol. The summed E-state index contributed by atoms with van der Waals surface area (Å²) in [7, 11) is 0. The van der Waals surface area contributed by atoms with E-state index in [4.69, 9.17) is 10.4 Å². The number of aryl methyl sites for hydroxylation is 1. The maximum atomic E-state index is 13.3. The van der Waals surface area contributed by atoms with Gasteiger partial charge in [-0.25, -0.2) is 14.4 Å². The van der Waals surface area contributed by atoms with Crippen LogP contribution in [0.2, 0.25) is 0 Å². The predicted molar refractivity (Wildman–Crippen MR) is 138 cm³/mol. The third-order valence-electron chi connectivity index (χ3n) is 6.39. The van der Waals surface area contributed by atoms with E-state index in [1.54, 1.807) is 18.3 Å². The molecule has 0 saturated heterocycles. The number of H-pyrrole nitrogens is 1. The minimum atomic E-state index is -0.584. The number of hydrogen-bond donors (Lipinski definition) is 3. The van der Waals surface area contributed by atoms with Gasteiger partial charge in [0.05, 0.1) is 30.3 Å². The van der Waals surface area contributed by atoms with Crippen LogP contribution in [0.3, 0.4) is 0 Å². The number of fused-ring (bicyclic) bond motifs is 1. The lowest BCUT2D eigenvalue weighted by Gasteiger charge is -2.31. The first-order chi connectivity index (χ1) is 19.1. The number of carbonyl (C=O) groups excluding carboxylic acids is 1. The Kier molecular flexibility index (Phi) is 6.24. The fourth-order valence-electron chi connectivity index (χ4n) is 4.54. The molecule has 39 heavy (non-hydrogen) atoms. The summed E-state index contributed by atoms with van der Waals surface area (Å²) in [4.78, 5) is 15.4. The Morgan fingerprint density at radius 3 is 2.87 bits per heavy atom. The third-order valence-corrected chi connectivity index (χ3v) is 6.39. The smallest absolute Gasteiger partial charge is 0.293 e. The number of amides is 1. The van der Waals surface area contributed by atoms with E-state index in [1.165, 1.54) is 28.6 Å². The van der Waals surface area contributed by atoms with E-state index < -0.39 is 5.91 Å². The fraction of sp³-hybridized carbons (Fsp3) is 0.160. The van der Waals surface area contributed by atoms with Crippen molar-refractivity contribution in [1.82, 2.24) is 40.9 Å². The highest BCUT2D eigenvalue weighted by Crippen LogP contribution is 2.29. The van der Waals surface area contributed by atoms with E-state index >= 15 is 0 Å². The lowest BCUT2D eigenvalue weighted by molar-refractivity contribution is 0.0949. The van der Waals surface area contributed by atoms with Gasteiger partial charge in [-0.2, -0.15) is 14.9 Å². The predicted octanol–water partition coefficient (Wildman–Crippen LogP) is 2.48. The number of para-hydroxylation sites is 1. The standard InChI is InChI=1S/C25H22FN11O2/c26-18-9-7-16(8-10-18)21-17(12-28-30-21)13-29-32-25(38)22-20(37(35-31-22)24-23(27)33-39-34-24)14-36-11-3-5-15-4-1-2-6-19(15)36/h1-2,4,6-10,12-13H,3,5,11,14H2,(H2,27,33)(H,28,30)(H,32,38)/b29-13+. The van der Waals surface area contributed by atoms with E-state index in [-0.39, 0.29) is 23.1 Å². The van der Waals surface area contributed by atoms with Crippen molar-refractivity contribution < 1.29 is 13.8 Å². The van der Waals surface area contributed by atoms with Gasteiger partial charge in [-0.15, -0.1) is 5.10 Å². The molecule has 1 aliphatic heterocycles. The van der Waals surface area contributed by atoms with Gasteiger partial charge in [0.2, 0.25) is 11.6 Å². The number of aromatic amines is 1. The monoisotopic (exact) mass is 527 g/mol. The SMILES string of the molecule is Nc1nonc1-n1nnc(C(=O)N/N=C/c2cn[nH]c2-c2ccc(F)cc2)c1CN1CCCc2ccccc21. The van der Waals surface area contributed by atoms with Gasteiger partial charge in [-0.3, -0.25) is 9.89 Å². The number of aromatic nitrogens is 7. The molecule has 14 heteroatoms. The van der Waals surface area contributed by atoms with Gasteiger partial charge < -0.3 is 10.6 Å². The lowest BCUT2D eigenvalue weighted by Crippen LogP contribution is -2.31. The van der Waals surface area contributed by atoms with Gasteiger partial charge in [0, 0.05) is 23.4 Å². The Labute approximate surface area is 220 Å². The highest BCUT2D eigenvalue weighted by atomic mass is 19.1. The van der Waals surface area contributed by atoms with Crippen LogP contribution in [0.5, 0.6) is 0 Å². The molecule has 0 unspecified atom stereocenters. The number of hydrogen-bond acceptors (Lipinski definition) is 10. The van der Waals surface area contributed by atoms with Crippen molar-refractivity contribution >= 4 is 23.6 Å². The molecule has 3 aromatic heterocycles. The number of anilines is 2. The quantitative estimate of drug-likeness (QED) is 0.213. The van der Waals surface area contributed by atoms with E-state index in [0.29, 0.717) is 29.1 Å². The molecule has 0 aliphatic carbocycles. The Bertz CT molecular complexity index is 1650. The molecule has 5 aromatic rings. The average molecular weight is 528 g/mol. The zero-order valence-corrected chi connectivity index (χ0v) is 20.5. The van der Waals surface area contributed by atoms with Crippen LogP contribution in [0.15, 0.2) is 64.5 Å². The van der Waals surface area contributed by atoms with Gasteiger partial charge in [-0.1, -0.05) is 23.4 Å². The molecule has 0 atom stereocenters. The first kappa shape index (κ1) is 24.0. The summed E-state index contributed by atoms with van der Waals surface area (Å²) in [6.45, 7) is 1.08. The van der Waals surface area contributed by atoms with Crippen LogP contribution in [-0.2, 0) is 13.0 Å². The van der Waals surface area contributed by atoms with Gasteiger partial charge in [-0.05, 0) is 59.1 Å². The summed E-state index contributed by atoms with van der Waals surface area (Å²) in [6, 6.07) is 14.1. The molecule has 6 rings (SSSR count). The van der Waals surface area contributed by atoms with Crippen LogP contribution < -0.4 is 16.1 Å². The number of nitrogens with zero attached hydrogens (tertiary/aromatic N) is 8. The summed E-state index contributed by atoms with van der Waals surface area (Å²) in [6.07, 6.45) is 4.91. The van der Waals surface area contributed by atoms with E-state index in [9.17, 15) is 9.18 Å². The number of halogens is 1. The Hall–Kier alpha value is -5.40. The Balaban J connectivity index is 1.27. The van der Waals surface area contributed by atoms with Crippen LogP contribution in [-0.4, -0.2) is 54.2 Å². The number of carbonyl (C=O) groups is 1. The van der Waals surface area contributed by atoms with E-state index in [2.05, 4.69) is 52.3 Å². The largest absolute Gasteiger partial charge is 0.378 e. The normalized spacial score (nSPS) is 13.1. The van der Waals surface area contributed by atoms with Crippen LogP contribution >= 0.6 is 0 Å². The molecule has 13 nitrogen and oxygen atoms in total. The van der Waals surface area contributed by atoms with Gasteiger partial charge in [0.1, 0.15) is 5.82 Å². The summed E-state index contributed by atoms with van der Waals surface area (Å²) in [5.41, 5.74) is 13.1. The topological polar surface area (TPSA) is 169 Å². The number of nitrogens with one attached hydrogen (secondary N) is 2. The second-order valence-electron chi connectivity index (χ2n) is 8.83. The van der Waals surface area contributed by atoms with E-state index in [1.807, 2.05) is 18.2 Å². The highest BCUT2D eigenvalue weighted by molar-refractivity contribution is 5.95. The van der Waals surface area contributed by atoms with Crippen molar-refractivity contribution in [3.8, 4) is 17.1 Å². The molecule has 0 radical (unpaired) electrons. The lowest BCUT2D eigenvalue weighted by atomic mass is 10.0. The van der Waals surface area contributed by atoms with Gasteiger partial charge in [0.25, 0.3) is 5.91 Å². The first-order valence-corrected chi connectivity index (χ1v) is 12.1. The van der Waals surface area contributed by atoms with Crippen LogP contribution in [0, 0.1) is 5.82 Å². The molecule has 0 saturated carbocycles. The molecule has 4 heterocycles. The number of hydrazone groups is 1. The zero-order valence-electron chi connectivity index (χ0n) is 20.5. The molecule has 0 fully saturated rings. The Morgan fingerprint density at radius 2 is 2.05 bits per heavy atom. The van der Waals surface area contributed by atoms with Crippen molar-refractivity contribution in [3.63, 3.8) is 0 Å². The van der Waals surface area contributed by atoms with Crippen molar-refractivity contribution in [2.75, 3.05) is 17.2 Å². The maximum Gasteiger partial charge on any atom is 0.293 e. The van der Waals surface area contributed by atoms with Crippen molar-refractivity contribution in [2.45, 2.75) is 19.4 Å². The summed E-state index contributed by atoms with van der Waals surface area (Å²) in [5.74, 6) is -0.786. The summed E-state index contributed by atoms with van der Waals surface area (Å²) < 4.78 is 19.4. The van der Waals surface area contributed by atoms with Gasteiger partial charge >= 0.3 is 0 Å². The second-order valence-corrected chi connectivity index (χ2v) is 8.83. The van der Waals surface area contributed by atoms with Crippen LogP contribution in [0.4, 0.5) is 15.9 Å². The number of nitrogens with two attached hydrogens (primary N) is 1. The van der Waals surface area contributed by atoms with E-state index in [0.717, 1.165) is 25.1 Å². The molecule has 2 aromatic carbocycles. The molecule has 0 bridgehead atoms. The number of nitrogen functional groups attached to an aromatic ring is 1. The van der Waals surface area contributed by atoms with Crippen molar-refractivity contribution in [3.05, 3.63) is 83.1 Å². The minimum Gasteiger partial charge on any atom is -0.378 e. The third kappa shape index (κ3) is 4.70. The molecule has 0 spiro atoms. The Morgan fingerprint density at radius 1 is 1.21 bits per heavy atom. The molecule has 4 N–H and O–H groups in total. The minimum absolute atomic E-state index is 0.0125. The fourth-order valence-corrected chi connectivity index (χ4v) is 4.54. The molecule has 1 aliphatic rings. The summed E-state index contributed by atoms with van der Waals surface area (Å²) in [5, 5.41) is 26.7.